The number of hydrogen-bond donors (Lipinski definition) is 2. The maximum atomic E-state index is 12.9. The van der Waals surface area contributed by atoms with Crippen molar-refractivity contribution in [1.29, 1.82) is 0 Å². The lowest BCUT2D eigenvalue weighted by Crippen LogP contribution is -2.64. The lowest BCUT2D eigenvalue weighted by molar-refractivity contribution is -0.101. The van der Waals surface area contributed by atoms with Crippen molar-refractivity contribution in [3.8, 4) is 0 Å². The van der Waals surface area contributed by atoms with Gasteiger partial charge in [-0.15, -0.1) is 11.3 Å². The van der Waals surface area contributed by atoms with E-state index in [2.05, 4.69) is 21.8 Å². The van der Waals surface area contributed by atoms with Gasteiger partial charge in [-0.2, -0.15) is 0 Å². The van der Waals surface area contributed by atoms with Gasteiger partial charge in [-0.1, -0.05) is 30.3 Å². The Morgan fingerprint density at radius 3 is 2.57 bits per heavy atom. The smallest absolute Gasteiger partial charge is 0.273 e. The fraction of sp³-hybridized carbons (Fsp3) is 0.500. The summed E-state index contributed by atoms with van der Waals surface area (Å²) in [5.74, 6) is -0.109. The van der Waals surface area contributed by atoms with Gasteiger partial charge in [0.15, 0.2) is 5.13 Å². The molecule has 1 amide bonds. The highest BCUT2D eigenvalue weighted by Gasteiger charge is 2.47. The van der Waals surface area contributed by atoms with Gasteiger partial charge in [0.1, 0.15) is 11.3 Å². The summed E-state index contributed by atoms with van der Waals surface area (Å²) in [5.41, 5.74) is 6.04. The Kier molecular flexibility index (Phi) is 5.37. The van der Waals surface area contributed by atoms with Gasteiger partial charge >= 0.3 is 0 Å². The molecule has 150 valence electrons. The number of rotatable bonds is 3. The number of piperidine rings is 1. The van der Waals surface area contributed by atoms with Gasteiger partial charge in [-0.3, -0.25) is 9.69 Å². The van der Waals surface area contributed by atoms with Crippen LogP contribution >= 0.6 is 11.3 Å². The van der Waals surface area contributed by atoms with E-state index in [1.807, 2.05) is 35.2 Å². The summed E-state index contributed by atoms with van der Waals surface area (Å²) in [6, 6.07) is 9.71. The number of amides is 1. The van der Waals surface area contributed by atoms with Crippen LogP contribution in [0.4, 0.5) is 5.13 Å². The van der Waals surface area contributed by atoms with Gasteiger partial charge in [-0.05, 0) is 19.0 Å². The molecule has 0 aliphatic carbocycles. The van der Waals surface area contributed by atoms with Crippen molar-refractivity contribution in [1.82, 2.24) is 19.7 Å². The van der Waals surface area contributed by atoms with Crippen LogP contribution in [0, 0.1) is 0 Å². The predicted octanol–water partition coefficient (Wildman–Crippen LogP) is 1.08. The molecule has 3 N–H and O–H groups in total. The molecular weight excluding hydrogens is 374 g/mol. The molecule has 2 aliphatic heterocycles. The summed E-state index contributed by atoms with van der Waals surface area (Å²) in [6.45, 7) is 4.64. The second-order valence-electron chi connectivity index (χ2n) is 7.72. The molecule has 2 atom stereocenters. The number of carbonyl (C=O) groups is 1. The van der Waals surface area contributed by atoms with Crippen molar-refractivity contribution in [3.05, 3.63) is 47.0 Å². The van der Waals surface area contributed by atoms with Gasteiger partial charge in [0.25, 0.3) is 5.91 Å². The highest BCUT2D eigenvalue weighted by Crippen LogP contribution is 2.37. The Balaban J connectivity index is 1.61. The first-order valence-corrected chi connectivity index (χ1v) is 10.6. The minimum Gasteiger partial charge on any atom is -0.383 e. The van der Waals surface area contributed by atoms with Crippen LogP contribution < -0.4 is 5.73 Å². The summed E-state index contributed by atoms with van der Waals surface area (Å²) in [5, 5.41) is 13.9. The number of aromatic nitrogens is 1. The van der Waals surface area contributed by atoms with Gasteiger partial charge in [0.2, 0.25) is 0 Å². The zero-order valence-electron chi connectivity index (χ0n) is 16.1. The van der Waals surface area contributed by atoms with Gasteiger partial charge in [0, 0.05) is 44.6 Å². The number of benzene rings is 1. The third-order valence-electron chi connectivity index (χ3n) is 5.99. The number of nitrogens with zero attached hydrogens (tertiary/aromatic N) is 4. The molecular formula is C20H27N5O2S. The van der Waals surface area contributed by atoms with Crippen molar-refractivity contribution in [2.75, 3.05) is 52.0 Å². The number of thiazole rings is 1. The van der Waals surface area contributed by atoms with E-state index in [0.29, 0.717) is 30.3 Å². The Morgan fingerprint density at radius 1 is 1.21 bits per heavy atom. The number of carbonyl (C=O) groups excluding carboxylic acids is 1. The standard InChI is InChI=1S/C20H27N5O2S/c1-23-9-11-24(12-10-23)17-13-25(18(26)16-14-28-19(21)22-16)8-7-20(17,27)15-5-3-2-4-6-15/h2-6,14,17,27H,7-13H2,1H3,(H2,21,22)/t17-,20+/m1/s1. The summed E-state index contributed by atoms with van der Waals surface area (Å²) in [4.78, 5) is 23.5. The molecule has 0 radical (unpaired) electrons. The van der Waals surface area contributed by atoms with Gasteiger partial charge < -0.3 is 20.6 Å². The molecule has 0 spiro atoms. The van der Waals surface area contributed by atoms with Crippen molar-refractivity contribution >= 4 is 22.4 Å². The van der Waals surface area contributed by atoms with E-state index in [-0.39, 0.29) is 11.9 Å². The quantitative estimate of drug-likeness (QED) is 0.800. The highest BCUT2D eigenvalue weighted by atomic mass is 32.1. The van der Waals surface area contributed by atoms with Crippen molar-refractivity contribution in [3.63, 3.8) is 0 Å². The maximum absolute atomic E-state index is 12.9. The minimum atomic E-state index is -0.977. The van der Waals surface area contributed by atoms with E-state index in [1.165, 1.54) is 11.3 Å². The Morgan fingerprint density at radius 2 is 1.93 bits per heavy atom. The van der Waals surface area contributed by atoms with Crippen molar-refractivity contribution in [2.45, 2.75) is 18.1 Å². The van der Waals surface area contributed by atoms with Gasteiger partial charge in [0.05, 0.1) is 6.04 Å². The number of likely N-dealkylation sites (tertiary alicyclic amines) is 1. The maximum Gasteiger partial charge on any atom is 0.273 e. The average molecular weight is 402 g/mol. The number of hydrogen-bond acceptors (Lipinski definition) is 7. The third kappa shape index (κ3) is 3.65. The molecule has 1 aromatic carbocycles. The van der Waals surface area contributed by atoms with Crippen LogP contribution in [-0.4, -0.2) is 83.1 Å². The zero-order valence-corrected chi connectivity index (χ0v) is 16.9. The molecule has 0 unspecified atom stereocenters. The number of aliphatic hydroxyl groups is 1. The van der Waals surface area contributed by atoms with Crippen LogP contribution in [0.25, 0.3) is 0 Å². The van der Waals surface area contributed by atoms with E-state index in [4.69, 9.17) is 5.73 Å². The van der Waals surface area contributed by atoms with E-state index in [1.54, 1.807) is 5.38 Å². The van der Waals surface area contributed by atoms with E-state index in [9.17, 15) is 9.90 Å². The first-order valence-electron chi connectivity index (χ1n) is 9.68. The van der Waals surface area contributed by atoms with Crippen LogP contribution in [0.2, 0.25) is 0 Å². The molecule has 0 saturated carbocycles. The van der Waals surface area contributed by atoms with Crippen molar-refractivity contribution < 1.29 is 9.90 Å². The Labute approximate surface area is 169 Å². The van der Waals surface area contributed by atoms with E-state index < -0.39 is 5.60 Å². The Bertz CT molecular complexity index is 821. The zero-order chi connectivity index (χ0) is 19.7. The fourth-order valence-electron chi connectivity index (χ4n) is 4.27. The molecule has 1 aromatic heterocycles. The monoisotopic (exact) mass is 401 g/mol. The number of piperazine rings is 1. The van der Waals surface area contributed by atoms with Crippen LogP contribution in [0.1, 0.15) is 22.5 Å². The summed E-state index contributed by atoms with van der Waals surface area (Å²) >= 11 is 1.28. The molecule has 0 bridgehead atoms. The second kappa shape index (κ2) is 7.79. The summed E-state index contributed by atoms with van der Waals surface area (Å²) in [6.07, 6.45) is 0.499. The summed E-state index contributed by atoms with van der Waals surface area (Å²) in [7, 11) is 2.12. The molecule has 7 nitrogen and oxygen atoms in total. The van der Waals surface area contributed by atoms with Gasteiger partial charge in [-0.25, -0.2) is 4.98 Å². The second-order valence-corrected chi connectivity index (χ2v) is 8.61. The third-order valence-corrected chi connectivity index (χ3v) is 6.66. The predicted molar refractivity (Wildman–Crippen MR) is 110 cm³/mol. The first-order chi connectivity index (χ1) is 13.5. The molecule has 2 aromatic rings. The first kappa shape index (κ1) is 19.3. The summed E-state index contributed by atoms with van der Waals surface area (Å²) < 4.78 is 0. The average Bonchev–Trinajstić information content (AvgIpc) is 3.16. The Hall–Kier alpha value is -2.00. The lowest BCUT2D eigenvalue weighted by atomic mass is 9.79. The van der Waals surface area contributed by atoms with Crippen LogP contribution in [0.3, 0.4) is 0 Å². The highest BCUT2D eigenvalue weighted by molar-refractivity contribution is 7.13. The SMILES string of the molecule is CN1CCN([C@@H]2CN(C(=O)c3csc(N)n3)CC[C@]2(O)c2ccccc2)CC1. The van der Waals surface area contributed by atoms with Crippen LogP contribution in [0.15, 0.2) is 35.7 Å². The van der Waals surface area contributed by atoms with E-state index in [0.717, 1.165) is 31.7 Å². The molecule has 2 aliphatic rings. The lowest BCUT2D eigenvalue weighted by Gasteiger charge is -2.51. The van der Waals surface area contributed by atoms with Crippen LogP contribution in [0.5, 0.6) is 0 Å². The normalized spacial score (nSPS) is 27.1. The molecule has 2 fully saturated rings. The molecule has 28 heavy (non-hydrogen) atoms. The molecule has 4 rings (SSSR count). The topological polar surface area (TPSA) is 85.9 Å². The number of nitrogen functional groups attached to an aromatic ring is 1. The van der Waals surface area contributed by atoms with Crippen molar-refractivity contribution in [2.24, 2.45) is 0 Å². The van der Waals surface area contributed by atoms with Crippen LogP contribution in [-0.2, 0) is 5.60 Å². The molecule has 3 heterocycles. The minimum absolute atomic E-state index is 0.109. The largest absolute Gasteiger partial charge is 0.383 e. The number of nitrogens with two attached hydrogens (primary N) is 1. The molecule has 2 saturated heterocycles. The molecule has 8 heteroatoms. The fourth-order valence-corrected chi connectivity index (χ4v) is 4.81. The number of likely N-dealkylation sites (N-methyl/N-ethyl adjacent to an activating group) is 1. The van der Waals surface area contributed by atoms with E-state index >= 15 is 0 Å². The number of anilines is 1.